The van der Waals surface area contributed by atoms with Crippen molar-refractivity contribution in [3.05, 3.63) is 35.8 Å². The van der Waals surface area contributed by atoms with Gasteiger partial charge in [-0.1, -0.05) is 17.3 Å². The third kappa shape index (κ3) is 2.77. The van der Waals surface area contributed by atoms with Gasteiger partial charge in [0.15, 0.2) is 11.5 Å². The molecule has 2 aromatic rings. The molecule has 1 unspecified atom stereocenters. The zero-order chi connectivity index (χ0) is 15.5. The number of aromatic nitrogens is 3. The predicted octanol–water partition coefficient (Wildman–Crippen LogP) is 0.897. The van der Waals surface area contributed by atoms with E-state index >= 15 is 0 Å². The lowest BCUT2D eigenvalue weighted by Crippen LogP contribution is -2.32. The second kappa shape index (κ2) is 6.10. The van der Waals surface area contributed by atoms with Gasteiger partial charge in [0.2, 0.25) is 0 Å². The van der Waals surface area contributed by atoms with Gasteiger partial charge < -0.3 is 15.8 Å². The van der Waals surface area contributed by atoms with Crippen LogP contribution < -0.4 is 11.1 Å². The highest BCUT2D eigenvalue weighted by Gasteiger charge is 2.22. The van der Waals surface area contributed by atoms with Crippen LogP contribution >= 0.6 is 0 Å². The zero-order valence-electron chi connectivity index (χ0n) is 11.8. The van der Waals surface area contributed by atoms with Gasteiger partial charge in [-0.15, -0.1) is 5.10 Å². The van der Waals surface area contributed by atoms with Crippen molar-refractivity contribution in [2.75, 3.05) is 18.9 Å². The van der Waals surface area contributed by atoms with Gasteiger partial charge in [0.1, 0.15) is 11.5 Å². The van der Waals surface area contributed by atoms with E-state index in [1.807, 2.05) is 0 Å². The lowest BCUT2D eigenvalue weighted by molar-refractivity contribution is 0.0854. The van der Waals surface area contributed by atoms with Crippen LogP contribution in [0.25, 0.3) is 5.69 Å². The fourth-order valence-electron chi connectivity index (χ4n) is 2.35. The van der Waals surface area contributed by atoms with E-state index in [0.717, 1.165) is 17.5 Å². The minimum atomic E-state index is -0.495. The van der Waals surface area contributed by atoms with Crippen LogP contribution in [0.5, 0.6) is 0 Å². The molecule has 0 bridgehead atoms. The maximum atomic E-state index is 13.8. The molecule has 0 saturated carbocycles. The van der Waals surface area contributed by atoms with Gasteiger partial charge in [0.05, 0.1) is 6.10 Å². The first-order valence-corrected chi connectivity index (χ1v) is 7.02. The molecule has 8 heteroatoms. The van der Waals surface area contributed by atoms with Gasteiger partial charge in [-0.25, -0.2) is 4.39 Å². The average Bonchev–Trinajstić information content (AvgIpc) is 3.15. The zero-order valence-corrected chi connectivity index (χ0v) is 11.8. The molecule has 1 atom stereocenters. The predicted molar refractivity (Wildman–Crippen MR) is 77.0 cm³/mol. The summed E-state index contributed by atoms with van der Waals surface area (Å²) in [5.41, 5.74) is 5.99. The average molecular weight is 305 g/mol. The first-order valence-electron chi connectivity index (χ1n) is 7.02. The number of nitrogens with two attached hydrogens (primary N) is 1. The number of halogens is 1. The highest BCUT2D eigenvalue weighted by molar-refractivity contribution is 5.96. The van der Waals surface area contributed by atoms with Crippen molar-refractivity contribution in [1.29, 1.82) is 0 Å². The number of nitrogens with one attached hydrogen (secondary N) is 1. The Labute approximate surface area is 126 Å². The number of nitrogens with zero attached hydrogens (tertiary/aromatic N) is 3. The first kappa shape index (κ1) is 14.5. The number of para-hydroxylation sites is 1. The molecule has 3 N–H and O–H groups in total. The molecule has 2 heterocycles. The summed E-state index contributed by atoms with van der Waals surface area (Å²) >= 11 is 0. The van der Waals surface area contributed by atoms with E-state index in [-0.39, 0.29) is 23.3 Å². The molecule has 0 radical (unpaired) electrons. The molecule has 1 aromatic heterocycles. The summed E-state index contributed by atoms with van der Waals surface area (Å²) in [4.78, 5) is 12.1. The summed E-state index contributed by atoms with van der Waals surface area (Å²) in [6.07, 6.45) is 1.93. The fraction of sp³-hybridized carbons (Fsp3) is 0.357. The third-order valence-corrected chi connectivity index (χ3v) is 3.51. The number of rotatable bonds is 4. The lowest BCUT2D eigenvalue weighted by Gasteiger charge is -2.10. The van der Waals surface area contributed by atoms with Crippen molar-refractivity contribution >= 4 is 11.7 Å². The molecule has 1 aromatic carbocycles. The molecular weight excluding hydrogens is 289 g/mol. The SMILES string of the molecule is Nc1c(C(=O)NCC2CCCO2)nnn1-c1ccccc1F. The normalized spacial score (nSPS) is 17.6. The van der Waals surface area contributed by atoms with E-state index in [9.17, 15) is 9.18 Å². The van der Waals surface area contributed by atoms with E-state index in [1.54, 1.807) is 12.1 Å². The van der Waals surface area contributed by atoms with Crippen molar-refractivity contribution < 1.29 is 13.9 Å². The summed E-state index contributed by atoms with van der Waals surface area (Å²) in [5, 5.41) is 10.2. The monoisotopic (exact) mass is 305 g/mol. The van der Waals surface area contributed by atoms with Gasteiger partial charge in [0, 0.05) is 13.2 Å². The first-order chi connectivity index (χ1) is 10.7. The summed E-state index contributed by atoms with van der Waals surface area (Å²) < 4.78 is 20.3. The van der Waals surface area contributed by atoms with Crippen LogP contribution in [0.15, 0.2) is 24.3 Å². The van der Waals surface area contributed by atoms with Crippen molar-refractivity contribution in [1.82, 2.24) is 20.3 Å². The molecule has 22 heavy (non-hydrogen) atoms. The molecule has 1 saturated heterocycles. The Morgan fingerprint density at radius 3 is 3.05 bits per heavy atom. The molecule has 1 amide bonds. The minimum Gasteiger partial charge on any atom is -0.382 e. The Balaban J connectivity index is 1.75. The van der Waals surface area contributed by atoms with Gasteiger partial charge >= 0.3 is 0 Å². The van der Waals surface area contributed by atoms with Crippen molar-refractivity contribution in [2.45, 2.75) is 18.9 Å². The minimum absolute atomic E-state index is 0.00468. The van der Waals surface area contributed by atoms with Gasteiger partial charge in [-0.2, -0.15) is 4.68 Å². The van der Waals surface area contributed by atoms with Crippen LogP contribution in [0, 0.1) is 5.82 Å². The Hall–Kier alpha value is -2.48. The van der Waals surface area contributed by atoms with Gasteiger partial charge in [-0.05, 0) is 25.0 Å². The van der Waals surface area contributed by atoms with Crippen molar-refractivity contribution in [3.8, 4) is 5.69 Å². The molecule has 1 aliphatic rings. The number of anilines is 1. The van der Waals surface area contributed by atoms with Crippen LogP contribution in [0.4, 0.5) is 10.2 Å². The maximum Gasteiger partial charge on any atom is 0.275 e. The smallest absolute Gasteiger partial charge is 0.275 e. The third-order valence-electron chi connectivity index (χ3n) is 3.51. The van der Waals surface area contributed by atoms with Crippen LogP contribution in [-0.4, -0.2) is 40.2 Å². The Bertz CT molecular complexity index is 682. The molecule has 7 nitrogen and oxygen atoms in total. The number of benzene rings is 1. The molecule has 0 aliphatic carbocycles. The summed E-state index contributed by atoms with van der Waals surface area (Å²) in [7, 11) is 0. The van der Waals surface area contributed by atoms with E-state index < -0.39 is 11.7 Å². The molecule has 1 aliphatic heterocycles. The quantitative estimate of drug-likeness (QED) is 0.875. The second-order valence-electron chi connectivity index (χ2n) is 5.03. The number of hydrogen-bond acceptors (Lipinski definition) is 5. The Kier molecular flexibility index (Phi) is 4.01. The van der Waals surface area contributed by atoms with Crippen LogP contribution in [0.3, 0.4) is 0 Å². The lowest BCUT2D eigenvalue weighted by atomic mass is 10.2. The Morgan fingerprint density at radius 1 is 1.50 bits per heavy atom. The Morgan fingerprint density at radius 2 is 2.32 bits per heavy atom. The second-order valence-corrected chi connectivity index (χ2v) is 5.03. The van der Waals surface area contributed by atoms with Crippen LogP contribution in [-0.2, 0) is 4.74 Å². The fourth-order valence-corrected chi connectivity index (χ4v) is 2.35. The van der Waals surface area contributed by atoms with E-state index in [2.05, 4.69) is 15.6 Å². The molecule has 0 spiro atoms. The largest absolute Gasteiger partial charge is 0.382 e. The van der Waals surface area contributed by atoms with E-state index in [0.29, 0.717) is 13.2 Å². The number of hydrogen-bond donors (Lipinski definition) is 2. The molecular formula is C14H16FN5O2. The van der Waals surface area contributed by atoms with Gasteiger partial charge in [0.25, 0.3) is 5.91 Å². The number of ether oxygens (including phenoxy) is 1. The van der Waals surface area contributed by atoms with Crippen LogP contribution in [0.1, 0.15) is 23.3 Å². The molecule has 116 valence electrons. The van der Waals surface area contributed by atoms with E-state index in [4.69, 9.17) is 10.5 Å². The molecule has 1 fully saturated rings. The highest BCUT2D eigenvalue weighted by Crippen LogP contribution is 2.18. The van der Waals surface area contributed by atoms with Gasteiger partial charge in [-0.3, -0.25) is 4.79 Å². The van der Waals surface area contributed by atoms with Crippen molar-refractivity contribution in [2.24, 2.45) is 0 Å². The van der Waals surface area contributed by atoms with Crippen LogP contribution in [0.2, 0.25) is 0 Å². The highest BCUT2D eigenvalue weighted by atomic mass is 19.1. The summed E-state index contributed by atoms with van der Waals surface area (Å²) in [6, 6.07) is 6.00. The number of amides is 1. The standard InChI is InChI=1S/C14H16FN5O2/c15-10-5-1-2-6-11(10)20-13(16)12(18-19-20)14(21)17-8-9-4-3-7-22-9/h1-2,5-6,9H,3-4,7-8,16H2,(H,17,21). The number of carbonyl (C=O) groups excluding carboxylic acids is 1. The van der Waals surface area contributed by atoms with Crippen molar-refractivity contribution in [3.63, 3.8) is 0 Å². The summed E-state index contributed by atoms with van der Waals surface area (Å²) in [5.74, 6) is -0.948. The maximum absolute atomic E-state index is 13.8. The molecule has 3 rings (SSSR count). The number of nitrogen functional groups attached to an aromatic ring is 1. The summed E-state index contributed by atoms with van der Waals surface area (Å²) in [6.45, 7) is 1.11. The topological polar surface area (TPSA) is 95.1 Å². The van der Waals surface area contributed by atoms with E-state index in [1.165, 1.54) is 12.1 Å². The number of carbonyl (C=O) groups is 1.